The maximum atomic E-state index is 13.4. The van der Waals surface area contributed by atoms with Gasteiger partial charge in [0.2, 0.25) is 11.8 Å². The molecule has 1 fully saturated rings. The number of halogens is 1. The van der Waals surface area contributed by atoms with Gasteiger partial charge in [0, 0.05) is 16.5 Å². The van der Waals surface area contributed by atoms with Gasteiger partial charge in [-0.15, -0.1) is 11.3 Å². The lowest BCUT2D eigenvalue weighted by molar-refractivity contribution is -0.123. The Morgan fingerprint density at radius 2 is 1.72 bits per heavy atom. The molecule has 1 aromatic heterocycles. The lowest BCUT2D eigenvalue weighted by Gasteiger charge is -2.31. The van der Waals surface area contributed by atoms with E-state index in [1.54, 1.807) is 23.5 Å². The van der Waals surface area contributed by atoms with E-state index in [-0.39, 0.29) is 36.1 Å². The Labute approximate surface area is 191 Å². The summed E-state index contributed by atoms with van der Waals surface area (Å²) < 4.78 is 13.4. The average Bonchev–Trinajstić information content (AvgIpc) is 3.34. The zero-order chi connectivity index (χ0) is 22.3. The highest BCUT2D eigenvalue weighted by Crippen LogP contribution is 2.26. The maximum absolute atomic E-state index is 13.4. The summed E-state index contributed by atoms with van der Waals surface area (Å²) in [5, 5.41) is 8.03. The van der Waals surface area contributed by atoms with E-state index >= 15 is 0 Å². The number of likely N-dealkylation sites (tertiary alicyclic amines) is 1. The predicted molar refractivity (Wildman–Crippen MR) is 125 cm³/mol. The Balaban J connectivity index is 1.30. The minimum Gasteiger partial charge on any atom is -0.343 e. The number of hydrogen-bond acceptors (Lipinski definition) is 4. The lowest BCUT2D eigenvalue weighted by Crippen LogP contribution is -2.44. The highest BCUT2D eigenvalue weighted by atomic mass is 32.1. The molecule has 4 rings (SSSR count). The van der Waals surface area contributed by atoms with Crippen molar-refractivity contribution in [3.8, 4) is 0 Å². The first-order chi connectivity index (χ1) is 15.6. The molecule has 5 nitrogen and oxygen atoms in total. The fourth-order valence-corrected chi connectivity index (χ4v) is 4.76. The van der Waals surface area contributed by atoms with Crippen LogP contribution in [0.1, 0.15) is 29.3 Å². The first kappa shape index (κ1) is 22.2. The van der Waals surface area contributed by atoms with Crippen LogP contribution in [0, 0.1) is 11.7 Å². The van der Waals surface area contributed by atoms with Crippen LogP contribution in [0.5, 0.6) is 0 Å². The number of rotatable bonds is 7. The van der Waals surface area contributed by atoms with Crippen molar-refractivity contribution in [2.24, 2.45) is 5.92 Å². The van der Waals surface area contributed by atoms with Gasteiger partial charge in [0.15, 0.2) is 0 Å². The second-order valence-corrected chi connectivity index (χ2v) is 8.95. The highest BCUT2D eigenvalue weighted by molar-refractivity contribution is 7.10. The molecule has 0 saturated carbocycles. The van der Waals surface area contributed by atoms with Gasteiger partial charge in [0.1, 0.15) is 5.82 Å². The average molecular weight is 452 g/mol. The van der Waals surface area contributed by atoms with E-state index in [4.69, 9.17) is 0 Å². The van der Waals surface area contributed by atoms with E-state index in [1.165, 1.54) is 12.1 Å². The van der Waals surface area contributed by atoms with Crippen LogP contribution in [0.25, 0.3) is 0 Å². The van der Waals surface area contributed by atoms with Crippen LogP contribution < -0.4 is 10.6 Å². The van der Waals surface area contributed by atoms with Gasteiger partial charge in [-0.2, -0.15) is 0 Å². The fraction of sp³-hybridized carbons (Fsp3) is 0.280. The number of anilines is 1. The highest BCUT2D eigenvalue weighted by Gasteiger charge is 2.27. The minimum atomic E-state index is -0.308. The quantitative estimate of drug-likeness (QED) is 0.558. The molecule has 32 heavy (non-hydrogen) atoms. The zero-order valence-electron chi connectivity index (χ0n) is 17.7. The summed E-state index contributed by atoms with van der Waals surface area (Å²) >= 11 is 1.56. The number of hydrogen-bond donors (Lipinski definition) is 2. The predicted octanol–water partition coefficient (Wildman–Crippen LogP) is 4.44. The molecule has 0 spiro atoms. The van der Waals surface area contributed by atoms with Crippen molar-refractivity contribution in [2.45, 2.75) is 18.9 Å². The molecule has 1 saturated heterocycles. The van der Waals surface area contributed by atoms with Gasteiger partial charge in [0.05, 0.1) is 12.6 Å². The molecule has 1 atom stereocenters. The van der Waals surface area contributed by atoms with Crippen molar-refractivity contribution in [1.29, 1.82) is 0 Å². The molecule has 1 aliphatic heterocycles. The Bertz CT molecular complexity index is 1020. The van der Waals surface area contributed by atoms with E-state index < -0.39 is 0 Å². The number of carbonyl (C=O) groups excluding carboxylic acids is 2. The summed E-state index contributed by atoms with van der Waals surface area (Å²) in [6.45, 7) is 1.66. The number of carbonyl (C=O) groups is 2. The molecule has 1 aliphatic rings. The van der Waals surface area contributed by atoms with Gasteiger partial charge >= 0.3 is 0 Å². The molecule has 0 radical (unpaired) electrons. The number of amides is 2. The zero-order valence-corrected chi connectivity index (χ0v) is 18.5. The van der Waals surface area contributed by atoms with E-state index in [9.17, 15) is 14.0 Å². The van der Waals surface area contributed by atoms with Gasteiger partial charge in [0.25, 0.3) is 0 Å². The van der Waals surface area contributed by atoms with Crippen molar-refractivity contribution in [3.63, 3.8) is 0 Å². The van der Waals surface area contributed by atoms with Crippen LogP contribution in [0.15, 0.2) is 72.1 Å². The Morgan fingerprint density at radius 3 is 2.38 bits per heavy atom. The standard InChI is InChI=1S/C25H26FN3O2S/c26-20-10-8-18(9-11-20)24(22-7-4-16-32-22)28-23(30)17-29-14-12-19(13-15-29)25(31)27-21-5-2-1-3-6-21/h1-11,16,19,24H,12-15,17H2,(H,27,31)(H,28,30)/t24-/m0/s1. The van der Waals surface area contributed by atoms with Gasteiger partial charge < -0.3 is 10.6 Å². The molecule has 3 aromatic rings. The van der Waals surface area contributed by atoms with Crippen molar-refractivity contribution < 1.29 is 14.0 Å². The van der Waals surface area contributed by atoms with Gasteiger partial charge in [-0.25, -0.2) is 4.39 Å². The summed E-state index contributed by atoms with van der Waals surface area (Å²) in [6.07, 6.45) is 1.44. The van der Waals surface area contributed by atoms with Crippen LogP contribution in [0.4, 0.5) is 10.1 Å². The minimum absolute atomic E-state index is 0.0365. The molecule has 0 unspecified atom stereocenters. The van der Waals surface area contributed by atoms with Crippen molar-refractivity contribution >= 4 is 28.8 Å². The monoisotopic (exact) mass is 451 g/mol. The number of benzene rings is 2. The Hall–Kier alpha value is -3.03. The first-order valence-electron chi connectivity index (χ1n) is 10.7. The number of piperidine rings is 1. The van der Waals surface area contributed by atoms with Crippen molar-refractivity contribution in [3.05, 3.63) is 88.4 Å². The topological polar surface area (TPSA) is 61.4 Å². The summed E-state index contributed by atoms with van der Waals surface area (Å²) in [5.74, 6) is -0.397. The second kappa shape index (κ2) is 10.5. The van der Waals surface area contributed by atoms with Crippen LogP contribution >= 0.6 is 11.3 Å². The van der Waals surface area contributed by atoms with Crippen LogP contribution in [-0.4, -0.2) is 36.3 Å². The van der Waals surface area contributed by atoms with E-state index in [0.717, 1.165) is 29.0 Å². The van der Waals surface area contributed by atoms with Crippen LogP contribution in [0.2, 0.25) is 0 Å². The SMILES string of the molecule is O=C(CN1CCC(C(=O)Nc2ccccc2)CC1)N[C@@H](c1ccc(F)cc1)c1cccs1. The summed E-state index contributed by atoms with van der Waals surface area (Å²) in [6, 6.07) is 19.3. The first-order valence-corrected chi connectivity index (χ1v) is 11.6. The molecule has 166 valence electrons. The molecular weight excluding hydrogens is 425 g/mol. The molecule has 7 heteroatoms. The molecule has 2 heterocycles. The third-order valence-corrected chi connectivity index (χ3v) is 6.64. The van der Waals surface area contributed by atoms with Crippen LogP contribution in [0.3, 0.4) is 0 Å². The maximum Gasteiger partial charge on any atom is 0.234 e. The van der Waals surface area contributed by atoms with Crippen molar-refractivity contribution in [1.82, 2.24) is 10.2 Å². The van der Waals surface area contributed by atoms with Gasteiger partial charge in [-0.3, -0.25) is 14.5 Å². The van der Waals surface area contributed by atoms with Gasteiger partial charge in [-0.1, -0.05) is 36.4 Å². The molecular formula is C25H26FN3O2S. The van der Waals surface area contributed by atoms with Crippen LogP contribution in [-0.2, 0) is 9.59 Å². The lowest BCUT2D eigenvalue weighted by atomic mass is 9.95. The molecule has 2 amide bonds. The Kier molecular flexibility index (Phi) is 7.29. The largest absolute Gasteiger partial charge is 0.343 e. The second-order valence-electron chi connectivity index (χ2n) is 7.97. The molecule has 2 N–H and O–H groups in total. The smallest absolute Gasteiger partial charge is 0.234 e. The summed E-state index contributed by atoms with van der Waals surface area (Å²) in [7, 11) is 0. The summed E-state index contributed by atoms with van der Waals surface area (Å²) in [4.78, 5) is 28.4. The molecule has 2 aromatic carbocycles. The molecule has 0 bridgehead atoms. The van der Waals surface area contributed by atoms with E-state index in [0.29, 0.717) is 13.1 Å². The third kappa shape index (κ3) is 5.81. The number of para-hydroxylation sites is 1. The number of nitrogens with zero attached hydrogens (tertiary/aromatic N) is 1. The summed E-state index contributed by atoms with van der Waals surface area (Å²) in [5.41, 5.74) is 1.65. The number of nitrogens with one attached hydrogen (secondary N) is 2. The van der Waals surface area contributed by atoms with Crippen molar-refractivity contribution in [2.75, 3.05) is 25.0 Å². The third-order valence-electron chi connectivity index (χ3n) is 5.70. The number of thiophene rings is 1. The molecule has 0 aliphatic carbocycles. The Morgan fingerprint density at radius 1 is 1.00 bits per heavy atom. The van der Waals surface area contributed by atoms with E-state index in [2.05, 4.69) is 15.5 Å². The fourth-order valence-electron chi connectivity index (χ4n) is 3.96. The van der Waals surface area contributed by atoms with E-state index in [1.807, 2.05) is 47.8 Å². The normalized spacial score (nSPS) is 15.8. The van der Waals surface area contributed by atoms with Gasteiger partial charge in [-0.05, 0) is 67.2 Å².